The molecule has 6 nitrogen and oxygen atoms in total. The number of rotatable bonds is 5. The molecule has 1 aliphatic rings. The van der Waals surface area contributed by atoms with E-state index in [1.165, 1.54) is 4.90 Å². The third-order valence-electron chi connectivity index (χ3n) is 3.17. The molecule has 0 aromatic rings. The summed E-state index contributed by atoms with van der Waals surface area (Å²) < 4.78 is 35.7. The summed E-state index contributed by atoms with van der Waals surface area (Å²) >= 11 is 0. The Bertz CT molecular complexity index is 355. The number of hydrogen-bond donors (Lipinski definition) is 2. The molecule has 0 saturated carbocycles. The van der Waals surface area contributed by atoms with Crippen LogP contribution in [0, 0.1) is 0 Å². The standard InChI is InChI=1S/C11H18F3N3O3/c1-8(10(19)20)16-2-4-17(5-3-16)9(18)6-15-7-11(12,13)14/h8,15H,2-7H2,1H3,(H,19,20). The minimum absolute atomic E-state index is 0.324. The van der Waals surface area contributed by atoms with Gasteiger partial charge in [0.25, 0.3) is 0 Å². The predicted octanol–water partition coefficient (Wildman–Crippen LogP) is -0.244. The molecular weight excluding hydrogens is 279 g/mol. The van der Waals surface area contributed by atoms with Gasteiger partial charge in [-0.3, -0.25) is 14.5 Å². The zero-order valence-corrected chi connectivity index (χ0v) is 11.1. The summed E-state index contributed by atoms with van der Waals surface area (Å²) in [5.74, 6) is -1.34. The van der Waals surface area contributed by atoms with Crippen LogP contribution in [-0.4, -0.2) is 78.3 Å². The van der Waals surface area contributed by atoms with Crippen molar-refractivity contribution >= 4 is 11.9 Å². The smallest absolute Gasteiger partial charge is 0.401 e. The molecule has 116 valence electrons. The Morgan fingerprint density at radius 3 is 2.25 bits per heavy atom. The molecule has 1 aliphatic heterocycles. The van der Waals surface area contributed by atoms with Gasteiger partial charge in [0.1, 0.15) is 6.04 Å². The van der Waals surface area contributed by atoms with E-state index in [1.807, 2.05) is 0 Å². The summed E-state index contributed by atoms with van der Waals surface area (Å²) in [6.45, 7) is 1.44. The highest BCUT2D eigenvalue weighted by molar-refractivity contribution is 5.78. The summed E-state index contributed by atoms with van der Waals surface area (Å²) in [5.41, 5.74) is 0. The Balaban J connectivity index is 2.30. The number of halogens is 3. The fourth-order valence-electron chi connectivity index (χ4n) is 1.94. The molecule has 0 aliphatic carbocycles. The van der Waals surface area contributed by atoms with E-state index in [9.17, 15) is 22.8 Å². The van der Waals surface area contributed by atoms with Crippen LogP contribution in [0.1, 0.15) is 6.92 Å². The second kappa shape index (κ2) is 6.89. The normalized spacial score (nSPS) is 18.9. The number of alkyl halides is 3. The second-order valence-corrected chi connectivity index (χ2v) is 4.65. The van der Waals surface area contributed by atoms with Crippen LogP contribution in [0.25, 0.3) is 0 Å². The Morgan fingerprint density at radius 2 is 1.80 bits per heavy atom. The minimum Gasteiger partial charge on any atom is -0.480 e. The van der Waals surface area contributed by atoms with Crippen molar-refractivity contribution in [3.8, 4) is 0 Å². The van der Waals surface area contributed by atoms with E-state index >= 15 is 0 Å². The number of carboxylic acid groups (broad SMARTS) is 1. The van der Waals surface area contributed by atoms with Crippen LogP contribution in [0.4, 0.5) is 13.2 Å². The number of nitrogens with one attached hydrogen (secondary N) is 1. The molecule has 20 heavy (non-hydrogen) atoms. The van der Waals surface area contributed by atoms with E-state index in [1.54, 1.807) is 11.8 Å². The average Bonchev–Trinajstić information content (AvgIpc) is 2.36. The first kappa shape index (κ1) is 16.7. The highest BCUT2D eigenvalue weighted by atomic mass is 19.4. The molecule has 0 bridgehead atoms. The van der Waals surface area contributed by atoms with Crippen LogP contribution in [0.2, 0.25) is 0 Å². The SMILES string of the molecule is CC(C(=O)O)N1CCN(C(=O)CNCC(F)(F)F)CC1. The summed E-state index contributed by atoms with van der Waals surface area (Å²) in [4.78, 5) is 25.6. The van der Waals surface area contributed by atoms with Gasteiger partial charge in [0.2, 0.25) is 5.91 Å². The Morgan fingerprint density at radius 1 is 1.25 bits per heavy atom. The number of aliphatic carboxylic acids is 1. The maximum Gasteiger partial charge on any atom is 0.401 e. The number of carboxylic acids is 1. The van der Waals surface area contributed by atoms with Gasteiger partial charge in [0.15, 0.2) is 0 Å². The number of carbonyl (C=O) groups excluding carboxylic acids is 1. The third kappa shape index (κ3) is 5.33. The molecule has 0 spiro atoms. The van der Waals surface area contributed by atoms with Gasteiger partial charge in [-0.15, -0.1) is 0 Å². The molecule has 1 saturated heterocycles. The van der Waals surface area contributed by atoms with Gasteiger partial charge in [-0.05, 0) is 6.92 Å². The molecule has 1 amide bonds. The molecule has 9 heteroatoms. The van der Waals surface area contributed by atoms with Gasteiger partial charge in [-0.2, -0.15) is 13.2 Å². The monoisotopic (exact) mass is 297 g/mol. The van der Waals surface area contributed by atoms with Gasteiger partial charge in [0.05, 0.1) is 13.1 Å². The lowest BCUT2D eigenvalue weighted by Gasteiger charge is -2.36. The average molecular weight is 297 g/mol. The number of amides is 1. The van der Waals surface area contributed by atoms with Crippen LogP contribution in [0.5, 0.6) is 0 Å². The zero-order chi connectivity index (χ0) is 15.3. The molecule has 0 radical (unpaired) electrons. The van der Waals surface area contributed by atoms with E-state index in [2.05, 4.69) is 5.32 Å². The van der Waals surface area contributed by atoms with Crippen molar-refractivity contribution in [1.29, 1.82) is 0 Å². The lowest BCUT2D eigenvalue weighted by atomic mass is 10.2. The van der Waals surface area contributed by atoms with Crippen molar-refractivity contribution < 1.29 is 27.9 Å². The molecule has 1 unspecified atom stereocenters. The Hall–Kier alpha value is -1.35. The topological polar surface area (TPSA) is 72.9 Å². The maximum atomic E-state index is 11.9. The zero-order valence-electron chi connectivity index (χ0n) is 11.1. The molecule has 1 rings (SSSR count). The molecule has 0 aromatic carbocycles. The number of carbonyl (C=O) groups is 2. The van der Waals surface area contributed by atoms with Crippen molar-refractivity contribution in [1.82, 2.24) is 15.1 Å². The summed E-state index contributed by atoms with van der Waals surface area (Å²) in [6, 6.07) is -0.629. The first-order valence-corrected chi connectivity index (χ1v) is 6.23. The van der Waals surface area contributed by atoms with Crippen molar-refractivity contribution in [2.45, 2.75) is 19.1 Å². The Kier molecular flexibility index (Phi) is 5.75. The van der Waals surface area contributed by atoms with Crippen LogP contribution >= 0.6 is 0 Å². The van der Waals surface area contributed by atoms with Gasteiger partial charge in [-0.25, -0.2) is 0 Å². The number of piperazine rings is 1. The quantitative estimate of drug-likeness (QED) is 0.732. The molecule has 1 heterocycles. The van der Waals surface area contributed by atoms with Crippen molar-refractivity contribution in [3.63, 3.8) is 0 Å². The summed E-state index contributed by atoms with van der Waals surface area (Å²) in [6.07, 6.45) is -4.34. The van der Waals surface area contributed by atoms with E-state index in [0.717, 1.165) is 0 Å². The van der Waals surface area contributed by atoms with Crippen molar-refractivity contribution in [2.24, 2.45) is 0 Å². The first-order valence-electron chi connectivity index (χ1n) is 6.23. The van der Waals surface area contributed by atoms with Crippen LogP contribution < -0.4 is 5.32 Å². The van der Waals surface area contributed by atoms with Gasteiger partial charge < -0.3 is 15.3 Å². The highest BCUT2D eigenvalue weighted by Crippen LogP contribution is 2.12. The van der Waals surface area contributed by atoms with Crippen LogP contribution in [0.3, 0.4) is 0 Å². The molecule has 0 aromatic heterocycles. The van der Waals surface area contributed by atoms with Crippen molar-refractivity contribution in [2.75, 3.05) is 39.3 Å². The predicted molar refractivity (Wildman–Crippen MR) is 64.2 cm³/mol. The van der Waals surface area contributed by atoms with Crippen LogP contribution in [0.15, 0.2) is 0 Å². The maximum absolute atomic E-state index is 11.9. The highest BCUT2D eigenvalue weighted by Gasteiger charge is 2.29. The van der Waals surface area contributed by atoms with Gasteiger partial charge in [0, 0.05) is 26.2 Å². The largest absolute Gasteiger partial charge is 0.480 e. The molecule has 1 fully saturated rings. The molecule has 1 atom stereocenters. The fraction of sp³-hybridized carbons (Fsp3) is 0.818. The number of hydrogen-bond acceptors (Lipinski definition) is 4. The van der Waals surface area contributed by atoms with Gasteiger partial charge >= 0.3 is 12.1 Å². The fourth-order valence-corrected chi connectivity index (χ4v) is 1.94. The first-order chi connectivity index (χ1) is 9.20. The second-order valence-electron chi connectivity index (χ2n) is 4.65. The molecule has 2 N–H and O–H groups in total. The lowest BCUT2D eigenvalue weighted by Crippen LogP contribution is -2.54. The minimum atomic E-state index is -4.34. The van der Waals surface area contributed by atoms with E-state index in [4.69, 9.17) is 5.11 Å². The third-order valence-corrected chi connectivity index (χ3v) is 3.17. The van der Waals surface area contributed by atoms with E-state index in [0.29, 0.717) is 26.2 Å². The summed E-state index contributed by atoms with van der Waals surface area (Å²) in [7, 11) is 0. The molecular formula is C11H18F3N3O3. The lowest BCUT2D eigenvalue weighted by molar-refractivity contribution is -0.144. The van der Waals surface area contributed by atoms with Gasteiger partial charge in [-0.1, -0.05) is 0 Å². The van der Waals surface area contributed by atoms with Crippen LogP contribution in [-0.2, 0) is 9.59 Å². The number of nitrogens with zero attached hydrogens (tertiary/aromatic N) is 2. The Labute approximate surface area is 114 Å². The van der Waals surface area contributed by atoms with E-state index in [-0.39, 0.29) is 6.54 Å². The van der Waals surface area contributed by atoms with Crippen molar-refractivity contribution in [3.05, 3.63) is 0 Å². The van der Waals surface area contributed by atoms with E-state index < -0.39 is 30.6 Å². The summed E-state index contributed by atoms with van der Waals surface area (Å²) in [5, 5.41) is 10.9.